The molecule has 1 aliphatic heterocycles. The Morgan fingerprint density at radius 1 is 1.30 bits per heavy atom. The summed E-state index contributed by atoms with van der Waals surface area (Å²) >= 11 is 1.66. The van der Waals surface area contributed by atoms with Crippen LogP contribution in [0.15, 0.2) is 0 Å². The number of piperidine rings is 1. The van der Waals surface area contributed by atoms with E-state index in [1.165, 1.54) is 23.4 Å². The van der Waals surface area contributed by atoms with Crippen LogP contribution in [-0.4, -0.2) is 23.0 Å². The van der Waals surface area contributed by atoms with Gasteiger partial charge in [0.05, 0.1) is 11.2 Å². The molecule has 20 heavy (non-hydrogen) atoms. The van der Waals surface area contributed by atoms with Gasteiger partial charge in [0.1, 0.15) is 0 Å². The van der Waals surface area contributed by atoms with Crippen LogP contribution in [0.25, 0.3) is 0 Å². The first-order chi connectivity index (χ1) is 9.17. The zero-order chi connectivity index (χ0) is 13.3. The molecule has 0 bridgehead atoms. The first-order valence-corrected chi connectivity index (χ1v) is 8.04. The number of hydrogen-bond donors (Lipinski definition) is 2. The number of aromatic nitrogens is 1. The lowest BCUT2D eigenvalue weighted by molar-refractivity contribution is -0.122. The minimum Gasteiger partial charge on any atom is -0.304 e. The SMILES string of the molecule is CC1(C(=O)Nc2nc3c(s2)CCCC3)CCCCN1.Cl. The van der Waals surface area contributed by atoms with Crippen molar-refractivity contribution in [1.29, 1.82) is 0 Å². The molecule has 2 aliphatic rings. The van der Waals surface area contributed by atoms with Crippen molar-refractivity contribution in [3.8, 4) is 0 Å². The van der Waals surface area contributed by atoms with Crippen molar-refractivity contribution in [2.75, 3.05) is 11.9 Å². The van der Waals surface area contributed by atoms with Crippen molar-refractivity contribution in [2.24, 2.45) is 0 Å². The lowest BCUT2D eigenvalue weighted by Crippen LogP contribution is -2.54. The Hall–Kier alpha value is -0.650. The van der Waals surface area contributed by atoms with Crippen molar-refractivity contribution in [1.82, 2.24) is 10.3 Å². The molecule has 2 heterocycles. The Labute approximate surface area is 130 Å². The van der Waals surface area contributed by atoms with Crippen molar-refractivity contribution in [2.45, 2.75) is 57.4 Å². The number of hydrogen-bond acceptors (Lipinski definition) is 4. The summed E-state index contributed by atoms with van der Waals surface area (Å²) in [6, 6.07) is 0. The molecule has 112 valence electrons. The van der Waals surface area contributed by atoms with Gasteiger partial charge in [0.2, 0.25) is 5.91 Å². The number of amides is 1. The lowest BCUT2D eigenvalue weighted by atomic mass is 9.90. The maximum atomic E-state index is 12.4. The summed E-state index contributed by atoms with van der Waals surface area (Å²) in [5.41, 5.74) is 0.776. The average molecular weight is 316 g/mol. The van der Waals surface area contributed by atoms with Gasteiger partial charge in [-0.05, 0) is 58.4 Å². The van der Waals surface area contributed by atoms with E-state index in [0.29, 0.717) is 0 Å². The molecule has 0 spiro atoms. The molecule has 1 atom stereocenters. The fourth-order valence-corrected chi connectivity index (χ4v) is 3.94. The summed E-state index contributed by atoms with van der Waals surface area (Å²) in [7, 11) is 0. The van der Waals surface area contributed by atoms with E-state index in [1.807, 2.05) is 6.92 Å². The highest BCUT2D eigenvalue weighted by atomic mass is 35.5. The van der Waals surface area contributed by atoms with E-state index in [1.54, 1.807) is 11.3 Å². The highest BCUT2D eigenvalue weighted by molar-refractivity contribution is 7.15. The fraction of sp³-hybridized carbons (Fsp3) is 0.714. The van der Waals surface area contributed by atoms with Crippen LogP contribution in [0.1, 0.15) is 49.6 Å². The number of carbonyl (C=O) groups excluding carboxylic acids is 1. The predicted molar refractivity (Wildman–Crippen MR) is 84.9 cm³/mol. The number of halogens is 1. The maximum absolute atomic E-state index is 12.4. The lowest BCUT2D eigenvalue weighted by Gasteiger charge is -2.33. The van der Waals surface area contributed by atoms with E-state index in [4.69, 9.17) is 0 Å². The van der Waals surface area contributed by atoms with E-state index in [0.717, 1.165) is 43.8 Å². The van der Waals surface area contributed by atoms with Crippen molar-refractivity contribution in [3.05, 3.63) is 10.6 Å². The topological polar surface area (TPSA) is 54.0 Å². The van der Waals surface area contributed by atoms with Gasteiger partial charge >= 0.3 is 0 Å². The molecule has 4 nitrogen and oxygen atoms in total. The molecular weight excluding hydrogens is 294 g/mol. The zero-order valence-electron chi connectivity index (χ0n) is 11.8. The minimum atomic E-state index is -0.426. The first-order valence-electron chi connectivity index (χ1n) is 7.22. The van der Waals surface area contributed by atoms with E-state index in [9.17, 15) is 4.79 Å². The van der Waals surface area contributed by atoms with Gasteiger partial charge in [0.25, 0.3) is 0 Å². The van der Waals surface area contributed by atoms with E-state index in [2.05, 4.69) is 15.6 Å². The van der Waals surface area contributed by atoms with Crippen LogP contribution < -0.4 is 10.6 Å². The minimum absolute atomic E-state index is 0. The standard InChI is InChI=1S/C14H21N3OS.ClH/c1-14(8-4-5-9-15-14)12(18)17-13-16-10-6-2-3-7-11(10)19-13;/h15H,2-9H2,1H3,(H,16,17,18);1H. The van der Waals surface area contributed by atoms with E-state index >= 15 is 0 Å². The Morgan fingerprint density at radius 2 is 2.10 bits per heavy atom. The Kier molecular flexibility index (Phi) is 5.04. The van der Waals surface area contributed by atoms with E-state index < -0.39 is 5.54 Å². The number of anilines is 1. The fourth-order valence-electron chi connectivity index (χ4n) is 2.89. The Morgan fingerprint density at radius 3 is 2.80 bits per heavy atom. The smallest absolute Gasteiger partial charge is 0.246 e. The number of thiazole rings is 1. The van der Waals surface area contributed by atoms with Crippen LogP contribution in [0.3, 0.4) is 0 Å². The molecule has 2 N–H and O–H groups in total. The molecule has 0 radical (unpaired) electrons. The molecule has 1 unspecified atom stereocenters. The second-order valence-corrected chi connectivity index (χ2v) is 6.85. The highest BCUT2D eigenvalue weighted by Gasteiger charge is 2.34. The van der Waals surface area contributed by atoms with Gasteiger partial charge in [-0.25, -0.2) is 4.98 Å². The van der Waals surface area contributed by atoms with Crippen LogP contribution in [0.5, 0.6) is 0 Å². The molecule has 1 fully saturated rings. The molecular formula is C14H22ClN3OS. The molecule has 6 heteroatoms. The Balaban J connectivity index is 0.00000147. The summed E-state index contributed by atoms with van der Waals surface area (Å²) in [4.78, 5) is 18.3. The van der Waals surface area contributed by atoms with Gasteiger partial charge in [-0.3, -0.25) is 4.79 Å². The Bertz CT molecular complexity index is 459. The average Bonchev–Trinajstić information content (AvgIpc) is 2.81. The summed E-state index contributed by atoms with van der Waals surface area (Å²) in [5.74, 6) is 0.0679. The molecule has 0 saturated carbocycles. The van der Waals surface area contributed by atoms with Crippen LogP contribution >= 0.6 is 23.7 Å². The maximum Gasteiger partial charge on any atom is 0.246 e. The zero-order valence-corrected chi connectivity index (χ0v) is 13.5. The molecule has 1 saturated heterocycles. The normalized spacial score (nSPS) is 25.4. The second kappa shape index (κ2) is 6.41. The third-order valence-corrected chi connectivity index (χ3v) is 5.26. The van der Waals surface area contributed by atoms with Gasteiger partial charge in [-0.1, -0.05) is 0 Å². The van der Waals surface area contributed by atoms with Crippen LogP contribution in [0, 0.1) is 0 Å². The first kappa shape index (κ1) is 15.7. The molecule has 0 aromatic carbocycles. The summed E-state index contributed by atoms with van der Waals surface area (Å²) in [5, 5.41) is 7.14. The number of rotatable bonds is 2. The number of aryl methyl sites for hydroxylation is 2. The van der Waals surface area contributed by atoms with Gasteiger partial charge in [0, 0.05) is 4.88 Å². The summed E-state index contributed by atoms with van der Waals surface area (Å²) in [6.07, 6.45) is 7.85. The van der Waals surface area contributed by atoms with Crippen LogP contribution in [-0.2, 0) is 17.6 Å². The quantitative estimate of drug-likeness (QED) is 0.882. The monoisotopic (exact) mass is 315 g/mol. The number of carbonyl (C=O) groups is 1. The third-order valence-electron chi connectivity index (χ3n) is 4.19. The largest absolute Gasteiger partial charge is 0.304 e. The summed E-state index contributed by atoms with van der Waals surface area (Å²) < 4.78 is 0. The number of nitrogens with zero attached hydrogens (tertiary/aromatic N) is 1. The van der Waals surface area contributed by atoms with Gasteiger partial charge in [-0.2, -0.15) is 0 Å². The molecule has 3 rings (SSSR count). The molecule has 1 aliphatic carbocycles. The van der Waals surface area contributed by atoms with E-state index in [-0.39, 0.29) is 18.3 Å². The van der Waals surface area contributed by atoms with Crippen LogP contribution in [0.2, 0.25) is 0 Å². The molecule has 1 aromatic rings. The predicted octanol–water partition coefficient (Wildman–Crippen LogP) is 2.91. The number of fused-ring (bicyclic) bond motifs is 1. The third kappa shape index (κ3) is 3.15. The van der Waals surface area contributed by atoms with Gasteiger partial charge in [0.15, 0.2) is 5.13 Å². The molecule has 1 aromatic heterocycles. The van der Waals surface area contributed by atoms with Crippen LogP contribution in [0.4, 0.5) is 5.13 Å². The number of nitrogens with one attached hydrogen (secondary N) is 2. The van der Waals surface area contributed by atoms with Gasteiger partial charge in [-0.15, -0.1) is 23.7 Å². The van der Waals surface area contributed by atoms with Crippen molar-refractivity contribution in [3.63, 3.8) is 0 Å². The highest BCUT2D eigenvalue weighted by Crippen LogP contribution is 2.30. The van der Waals surface area contributed by atoms with Crippen molar-refractivity contribution < 1.29 is 4.79 Å². The summed E-state index contributed by atoms with van der Waals surface area (Å²) in [6.45, 7) is 2.92. The van der Waals surface area contributed by atoms with Crippen molar-refractivity contribution >= 4 is 34.8 Å². The van der Waals surface area contributed by atoms with Gasteiger partial charge < -0.3 is 10.6 Å². The molecule has 1 amide bonds. The second-order valence-electron chi connectivity index (χ2n) is 5.77.